The Morgan fingerprint density at radius 3 is 2.52 bits per heavy atom. The zero-order valence-electron chi connectivity index (χ0n) is 11.8. The molecule has 0 aliphatic carbocycles. The van der Waals surface area contributed by atoms with Gasteiger partial charge in [-0.2, -0.15) is 9.36 Å². The van der Waals surface area contributed by atoms with Crippen LogP contribution in [0.15, 0.2) is 54.6 Å². The van der Waals surface area contributed by atoms with E-state index in [9.17, 15) is 14.3 Å². The Bertz CT molecular complexity index is 806. The third kappa shape index (κ3) is 3.58. The number of aromatic nitrogens is 2. The zero-order valence-corrected chi connectivity index (χ0v) is 12.6. The van der Waals surface area contributed by atoms with E-state index in [4.69, 9.17) is 0 Å². The highest BCUT2D eigenvalue weighted by atomic mass is 32.1. The fraction of sp³-hybridized carbons (Fsp3) is 0.0625. The van der Waals surface area contributed by atoms with Crippen LogP contribution in [0.25, 0.3) is 11.4 Å². The maximum atomic E-state index is 12.9. The van der Waals surface area contributed by atoms with Crippen molar-refractivity contribution in [2.45, 2.75) is 6.10 Å². The number of aliphatic hydroxyl groups excluding tert-OH is 1. The molecule has 3 rings (SSSR count). The standard InChI is InChI=1S/C16H12FN3O2S/c17-12-8-6-11(7-9-12)14-18-16(23-20-14)19-15(22)13(21)10-4-2-1-3-5-10/h1-9,13,21H,(H,18,19,20,22). The number of anilines is 1. The second-order valence-electron chi connectivity index (χ2n) is 4.73. The Hall–Kier alpha value is -2.64. The lowest BCUT2D eigenvalue weighted by atomic mass is 10.1. The van der Waals surface area contributed by atoms with Crippen molar-refractivity contribution in [3.63, 3.8) is 0 Å². The summed E-state index contributed by atoms with van der Waals surface area (Å²) in [5, 5.41) is 12.8. The van der Waals surface area contributed by atoms with Gasteiger partial charge in [-0.05, 0) is 29.8 Å². The maximum absolute atomic E-state index is 12.9. The van der Waals surface area contributed by atoms with Crippen LogP contribution >= 0.6 is 11.5 Å². The molecule has 0 bridgehead atoms. The first-order valence-electron chi connectivity index (χ1n) is 6.77. The first kappa shape index (κ1) is 15.3. The molecule has 2 N–H and O–H groups in total. The number of carbonyl (C=O) groups excluding carboxylic acids is 1. The molecule has 1 amide bonds. The molecule has 0 saturated heterocycles. The van der Waals surface area contributed by atoms with E-state index >= 15 is 0 Å². The average molecular weight is 329 g/mol. The molecule has 23 heavy (non-hydrogen) atoms. The third-order valence-electron chi connectivity index (χ3n) is 3.12. The summed E-state index contributed by atoms with van der Waals surface area (Å²) < 4.78 is 17.0. The van der Waals surface area contributed by atoms with Gasteiger partial charge in [0.25, 0.3) is 5.91 Å². The lowest BCUT2D eigenvalue weighted by Crippen LogP contribution is -2.20. The molecule has 1 atom stereocenters. The molecule has 0 spiro atoms. The number of hydrogen-bond acceptors (Lipinski definition) is 5. The minimum Gasteiger partial charge on any atom is -0.378 e. The van der Waals surface area contributed by atoms with Crippen molar-refractivity contribution in [3.8, 4) is 11.4 Å². The minimum absolute atomic E-state index is 0.268. The van der Waals surface area contributed by atoms with E-state index in [0.29, 0.717) is 17.0 Å². The van der Waals surface area contributed by atoms with E-state index in [2.05, 4.69) is 14.7 Å². The van der Waals surface area contributed by atoms with Crippen LogP contribution in [0.2, 0.25) is 0 Å². The van der Waals surface area contributed by atoms with Gasteiger partial charge < -0.3 is 5.11 Å². The number of rotatable bonds is 4. The SMILES string of the molecule is O=C(Nc1nc(-c2ccc(F)cc2)ns1)C(O)c1ccccc1. The van der Waals surface area contributed by atoms with E-state index in [1.54, 1.807) is 42.5 Å². The molecule has 1 unspecified atom stereocenters. The molecule has 1 heterocycles. The summed E-state index contributed by atoms with van der Waals surface area (Å²) in [7, 11) is 0. The highest BCUT2D eigenvalue weighted by Gasteiger charge is 2.19. The maximum Gasteiger partial charge on any atom is 0.259 e. The van der Waals surface area contributed by atoms with Gasteiger partial charge in [0.2, 0.25) is 5.13 Å². The summed E-state index contributed by atoms with van der Waals surface area (Å²) >= 11 is 0.992. The molecule has 2 aromatic carbocycles. The molecular formula is C16H12FN3O2S. The van der Waals surface area contributed by atoms with Crippen LogP contribution in [0.4, 0.5) is 9.52 Å². The molecular weight excluding hydrogens is 317 g/mol. The second-order valence-corrected chi connectivity index (χ2v) is 5.48. The Balaban J connectivity index is 1.71. The van der Waals surface area contributed by atoms with Crippen molar-refractivity contribution < 1.29 is 14.3 Å². The van der Waals surface area contributed by atoms with Gasteiger partial charge in [-0.3, -0.25) is 10.1 Å². The fourth-order valence-electron chi connectivity index (χ4n) is 1.95. The normalized spacial score (nSPS) is 11.9. The predicted octanol–water partition coefficient (Wildman–Crippen LogP) is 3.02. The van der Waals surface area contributed by atoms with Gasteiger partial charge in [0.15, 0.2) is 11.9 Å². The fourth-order valence-corrected chi connectivity index (χ4v) is 2.54. The van der Waals surface area contributed by atoms with Crippen LogP contribution in [-0.2, 0) is 4.79 Å². The third-order valence-corrected chi connectivity index (χ3v) is 3.75. The summed E-state index contributed by atoms with van der Waals surface area (Å²) in [4.78, 5) is 16.2. The number of nitrogens with one attached hydrogen (secondary N) is 1. The van der Waals surface area contributed by atoms with Gasteiger partial charge in [-0.1, -0.05) is 30.3 Å². The molecule has 1 aromatic heterocycles. The van der Waals surface area contributed by atoms with Gasteiger partial charge in [-0.15, -0.1) is 0 Å². The number of carbonyl (C=O) groups is 1. The number of nitrogens with zero attached hydrogens (tertiary/aromatic N) is 2. The van der Waals surface area contributed by atoms with E-state index in [1.165, 1.54) is 12.1 Å². The van der Waals surface area contributed by atoms with Gasteiger partial charge in [0.05, 0.1) is 0 Å². The van der Waals surface area contributed by atoms with Crippen LogP contribution in [0, 0.1) is 5.82 Å². The summed E-state index contributed by atoms with van der Waals surface area (Å²) in [6.45, 7) is 0. The number of benzene rings is 2. The predicted molar refractivity (Wildman–Crippen MR) is 85.3 cm³/mol. The molecule has 3 aromatic rings. The van der Waals surface area contributed by atoms with Crippen molar-refractivity contribution in [3.05, 3.63) is 66.0 Å². The van der Waals surface area contributed by atoms with Crippen molar-refractivity contribution in [2.24, 2.45) is 0 Å². The quantitative estimate of drug-likeness (QED) is 0.771. The summed E-state index contributed by atoms with van der Waals surface area (Å²) in [5.41, 5.74) is 1.14. The van der Waals surface area contributed by atoms with Gasteiger partial charge in [0.1, 0.15) is 5.82 Å². The molecule has 0 aliphatic rings. The van der Waals surface area contributed by atoms with Crippen LogP contribution in [0.5, 0.6) is 0 Å². The minimum atomic E-state index is -1.28. The lowest BCUT2D eigenvalue weighted by molar-refractivity contribution is -0.124. The molecule has 0 radical (unpaired) electrons. The van der Waals surface area contributed by atoms with Gasteiger partial charge in [-0.25, -0.2) is 4.39 Å². The second kappa shape index (κ2) is 6.64. The lowest BCUT2D eigenvalue weighted by Gasteiger charge is -2.09. The monoisotopic (exact) mass is 329 g/mol. The number of hydrogen-bond donors (Lipinski definition) is 2. The Kier molecular flexibility index (Phi) is 4.40. The van der Waals surface area contributed by atoms with Crippen molar-refractivity contribution >= 4 is 22.6 Å². The van der Waals surface area contributed by atoms with Crippen molar-refractivity contribution in [2.75, 3.05) is 5.32 Å². The summed E-state index contributed by atoms with van der Waals surface area (Å²) in [5.74, 6) is -0.541. The summed E-state index contributed by atoms with van der Waals surface area (Å²) in [6, 6.07) is 14.3. The average Bonchev–Trinajstić information content (AvgIpc) is 3.04. The van der Waals surface area contributed by atoms with E-state index in [1.807, 2.05) is 0 Å². The smallest absolute Gasteiger partial charge is 0.259 e. The summed E-state index contributed by atoms with van der Waals surface area (Å²) in [6.07, 6.45) is -1.28. The molecule has 0 saturated carbocycles. The van der Waals surface area contributed by atoms with Crippen LogP contribution in [-0.4, -0.2) is 20.4 Å². The highest BCUT2D eigenvalue weighted by molar-refractivity contribution is 7.10. The molecule has 0 aliphatic heterocycles. The first-order chi connectivity index (χ1) is 11.1. The zero-order chi connectivity index (χ0) is 16.2. The molecule has 0 fully saturated rings. The molecule has 116 valence electrons. The number of aliphatic hydroxyl groups is 1. The van der Waals surface area contributed by atoms with Crippen LogP contribution < -0.4 is 5.32 Å². The van der Waals surface area contributed by atoms with E-state index < -0.39 is 12.0 Å². The van der Waals surface area contributed by atoms with Crippen LogP contribution in [0.3, 0.4) is 0 Å². The highest BCUT2D eigenvalue weighted by Crippen LogP contribution is 2.22. The molecule has 7 heteroatoms. The Morgan fingerprint density at radius 2 is 1.83 bits per heavy atom. The van der Waals surface area contributed by atoms with Crippen LogP contribution in [0.1, 0.15) is 11.7 Å². The molecule has 5 nitrogen and oxygen atoms in total. The topological polar surface area (TPSA) is 75.1 Å². The van der Waals surface area contributed by atoms with Gasteiger partial charge >= 0.3 is 0 Å². The largest absolute Gasteiger partial charge is 0.378 e. The van der Waals surface area contributed by atoms with E-state index in [0.717, 1.165) is 11.5 Å². The van der Waals surface area contributed by atoms with E-state index in [-0.39, 0.29) is 10.9 Å². The number of halogens is 1. The van der Waals surface area contributed by atoms with Crippen molar-refractivity contribution in [1.82, 2.24) is 9.36 Å². The Morgan fingerprint density at radius 1 is 1.13 bits per heavy atom. The number of amides is 1. The van der Waals surface area contributed by atoms with Crippen molar-refractivity contribution in [1.29, 1.82) is 0 Å². The first-order valence-corrected chi connectivity index (χ1v) is 7.54. The van der Waals surface area contributed by atoms with Gasteiger partial charge in [0, 0.05) is 17.1 Å². The Labute approximate surface area is 135 Å².